The van der Waals surface area contributed by atoms with Crippen LogP contribution in [0.15, 0.2) is 85.1 Å². The highest BCUT2D eigenvalue weighted by molar-refractivity contribution is 5.76. The van der Waals surface area contributed by atoms with E-state index in [1.807, 2.05) is 6.08 Å². The van der Waals surface area contributed by atoms with E-state index in [2.05, 4.69) is 92.1 Å². The van der Waals surface area contributed by atoms with Gasteiger partial charge in [-0.25, -0.2) is 0 Å². The number of carbonyl (C=O) groups excluding carboxylic acids is 1. The second kappa shape index (κ2) is 72.8. The van der Waals surface area contributed by atoms with E-state index in [1.54, 1.807) is 6.08 Å². The van der Waals surface area contributed by atoms with E-state index in [-0.39, 0.29) is 12.5 Å². The van der Waals surface area contributed by atoms with Crippen LogP contribution in [0, 0.1) is 0 Å². The fraction of sp³-hybridized carbons (Fsp3) is 0.808. The maximum atomic E-state index is 12.6. The summed E-state index contributed by atoms with van der Waals surface area (Å²) in [6.45, 7) is 4.22. The number of aliphatic hydroxyl groups is 2. The van der Waals surface area contributed by atoms with E-state index in [0.717, 1.165) is 64.2 Å². The van der Waals surface area contributed by atoms with Gasteiger partial charge in [-0.1, -0.05) is 388 Å². The average Bonchev–Trinajstić information content (AvgIpc) is 3.50. The first-order valence-electron chi connectivity index (χ1n) is 36.8. The number of allylic oxidation sites excluding steroid dienone is 13. The van der Waals surface area contributed by atoms with Crippen molar-refractivity contribution in [2.45, 2.75) is 398 Å². The minimum atomic E-state index is -0.866. The van der Waals surface area contributed by atoms with E-state index < -0.39 is 12.1 Å². The summed E-state index contributed by atoms with van der Waals surface area (Å²) in [6.07, 6.45) is 107. The highest BCUT2D eigenvalue weighted by Crippen LogP contribution is 2.19. The van der Waals surface area contributed by atoms with Crippen LogP contribution in [0.1, 0.15) is 386 Å². The van der Waals surface area contributed by atoms with Crippen molar-refractivity contribution in [3.05, 3.63) is 85.1 Å². The summed E-state index contributed by atoms with van der Waals surface area (Å²) in [6, 6.07) is -0.643. The molecule has 4 heteroatoms. The molecule has 0 saturated heterocycles. The molecule has 0 aliphatic carbocycles. The SMILES string of the molecule is CC/C=C\C/C=C\C/C=C\C/C=C\C/C=C\CCCCCCCCCCCCCCCCCCCCCCCC(=O)NC(CO)C(O)/C=C/CC/C=C/CCCCCCCCCCCCCCCCCCCCCCCCCCCCC. The van der Waals surface area contributed by atoms with Crippen LogP contribution in [0.4, 0.5) is 0 Å². The van der Waals surface area contributed by atoms with Gasteiger partial charge in [0.25, 0.3) is 0 Å². The lowest BCUT2D eigenvalue weighted by molar-refractivity contribution is -0.123. The maximum Gasteiger partial charge on any atom is 0.220 e. The Kier molecular flexibility index (Phi) is 70.7. The number of amides is 1. The van der Waals surface area contributed by atoms with Crippen LogP contribution in [-0.4, -0.2) is 34.9 Å². The van der Waals surface area contributed by atoms with Crippen LogP contribution in [0.25, 0.3) is 0 Å². The van der Waals surface area contributed by atoms with Gasteiger partial charge in [-0.3, -0.25) is 4.79 Å². The number of hydrogen-bond acceptors (Lipinski definition) is 3. The number of carbonyl (C=O) groups is 1. The number of aliphatic hydroxyl groups excluding tert-OH is 2. The number of hydrogen-bond donors (Lipinski definition) is 3. The van der Waals surface area contributed by atoms with Crippen molar-refractivity contribution in [1.29, 1.82) is 0 Å². The first-order valence-corrected chi connectivity index (χ1v) is 36.8. The number of unbranched alkanes of at least 4 members (excludes halogenated alkanes) is 49. The Hall–Kier alpha value is -2.43. The molecule has 2 atom stereocenters. The van der Waals surface area contributed by atoms with Gasteiger partial charge in [-0.15, -0.1) is 0 Å². The summed E-state index contributed by atoms with van der Waals surface area (Å²) in [5.41, 5.74) is 0. The third-order valence-corrected chi connectivity index (χ3v) is 16.9. The van der Waals surface area contributed by atoms with Gasteiger partial charge >= 0.3 is 0 Å². The summed E-state index contributed by atoms with van der Waals surface area (Å²) in [5.74, 6) is -0.0684. The van der Waals surface area contributed by atoms with Crippen LogP contribution in [0.3, 0.4) is 0 Å². The fourth-order valence-corrected chi connectivity index (χ4v) is 11.3. The van der Waals surface area contributed by atoms with E-state index in [4.69, 9.17) is 0 Å². The minimum Gasteiger partial charge on any atom is -0.394 e. The third-order valence-electron chi connectivity index (χ3n) is 16.9. The standard InChI is InChI=1S/C78H143NO3/c1-3-5-7-9-11-13-15-17-19-21-23-25-27-29-31-33-35-37-38-39-40-42-44-46-48-50-52-54-56-58-60-62-64-66-68-70-72-74-78(82)79-76(75-80)77(81)73-71-69-67-65-63-61-59-57-55-53-51-49-47-45-43-41-36-34-32-30-28-26-24-22-20-18-16-14-12-10-8-6-4-2/h5,7,11,13,17,19,23,25,29,31,63,65,71,73,76-77,80-81H,3-4,6,8-10,12,14-16,18,20-22,24,26-28,30,32-62,64,66-70,72,74-75H2,1-2H3,(H,79,82)/b7-5-,13-11-,19-17-,25-23-,31-29-,65-63+,73-71+. The molecular formula is C78H143NO3. The number of rotatable bonds is 68. The largest absolute Gasteiger partial charge is 0.394 e. The normalized spacial score (nSPS) is 13.2. The van der Waals surface area contributed by atoms with E-state index in [0.29, 0.717) is 6.42 Å². The van der Waals surface area contributed by atoms with Crippen molar-refractivity contribution < 1.29 is 15.0 Å². The Morgan fingerprint density at radius 1 is 0.305 bits per heavy atom. The molecule has 0 aromatic heterocycles. The zero-order chi connectivity index (χ0) is 59.1. The average molecular weight is 1140 g/mol. The second-order valence-electron chi connectivity index (χ2n) is 25.0. The van der Waals surface area contributed by atoms with Crippen molar-refractivity contribution in [2.24, 2.45) is 0 Å². The van der Waals surface area contributed by atoms with E-state index >= 15 is 0 Å². The van der Waals surface area contributed by atoms with Gasteiger partial charge in [0.15, 0.2) is 0 Å². The van der Waals surface area contributed by atoms with Crippen molar-refractivity contribution in [1.82, 2.24) is 5.32 Å². The van der Waals surface area contributed by atoms with Crippen molar-refractivity contribution in [3.63, 3.8) is 0 Å². The molecule has 478 valence electrons. The molecule has 0 radical (unpaired) electrons. The second-order valence-corrected chi connectivity index (χ2v) is 25.0. The molecule has 4 nitrogen and oxygen atoms in total. The Morgan fingerprint density at radius 2 is 0.549 bits per heavy atom. The van der Waals surface area contributed by atoms with E-state index in [1.165, 1.54) is 302 Å². The Bertz CT molecular complexity index is 1440. The molecule has 0 aromatic carbocycles. The lowest BCUT2D eigenvalue weighted by atomic mass is 10.0. The van der Waals surface area contributed by atoms with Gasteiger partial charge in [-0.2, -0.15) is 0 Å². The van der Waals surface area contributed by atoms with Crippen LogP contribution >= 0.6 is 0 Å². The molecule has 0 bridgehead atoms. The van der Waals surface area contributed by atoms with Crippen molar-refractivity contribution in [2.75, 3.05) is 6.61 Å². The quantitative estimate of drug-likeness (QED) is 0.0420. The highest BCUT2D eigenvalue weighted by Gasteiger charge is 2.18. The van der Waals surface area contributed by atoms with E-state index in [9.17, 15) is 15.0 Å². The van der Waals surface area contributed by atoms with Crippen molar-refractivity contribution in [3.8, 4) is 0 Å². The summed E-state index contributed by atoms with van der Waals surface area (Å²) in [4.78, 5) is 12.6. The molecule has 82 heavy (non-hydrogen) atoms. The van der Waals surface area contributed by atoms with Gasteiger partial charge in [0, 0.05) is 6.42 Å². The first-order chi connectivity index (χ1) is 40.7. The smallest absolute Gasteiger partial charge is 0.220 e. The molecular weight excluding hydrogens is 999 g/mol. The summed E-state index contributed by atoms with van der Waals surface area (Å²) < 4.78 is 0. The van der Waals surface area contributed by atoms with Crippen LogP contribution in [0.5, 0.6) is 0 Å². The molecule has 0 aliphatic heterocycles. The van der Waals surface area contributed by atoms with Gasteiger partial charge < -0.3 is 15.5 Å². The fourth-order valence-electron chi connectivity index (χ4n) is 11.3. The predicted octanol–water partition coefficient (Wildman–Crippen LogP) is 25.4. The molecule has 2 unspecified atom stereocenters. The maximum absolute atomic E-state index is 12.6. The van der Waals surface area contributed by atoms with Gasteiger partial charge in [0.2, 0.25) is 5.91 Å². The molecule has 0 rings (SSSR count). The zero-order valence-electron chi connectivity index (χ0n) is 55.3. The zero-order valence-corrected chi connectivity index (χ0v) is 55.3. The highest BCUT2D eigenvalue weighted by atomic mass is 16.3. The minimum absolute atomic E-state index is 0.0684. The predicted molar refractivity (Wildman–Crippen MR) is 368 cm³/mol. The Balaban J connectivity index is 3.46. The lowest BCUT2D eigenvalue weighted by Gasteiger charge is -2.19. The number of nitrogens with one attached hydrogen (secondary N) is 1. The third kappa shape index (κ3) is 68.4. The Morgan fingerprint density at radius 3 is 0.854 bits per heavy atom. The molecule has 0 aliphatic rings. The molecule has 1 amide bonds. The summed E-state index contributed by atoms with van der Waals surface area (Å²) in [5, 5.41) is 23.3. The summed E-state index contributed by atoms with van der Waals surface area (Å²) >= 11 is 0. The monoisotopic (exact) mass is 1140 g/mol. The molecule has 3 N–H and O–H groups in total. The van der Waals surface area contributed by atoms with Gasteiger partial charge in [0.1, 0.15) is 0 Å². The van der Waals surface area contributed by atoms with Crippen LogP contribution in [-0.2, 0) is 4.79 Å². The molecule has 0 heterocycles. The van der Waals surface area contributed by atoms with Crippen LogP contribution in [0.2, 0.25) is 0 Å². The first kappa shape index (κ1) is 79.6. The lowest BCUT2D eigenvalue weighted by Crippen LogP contribution is -2.45. The van der Waals surface area contributed by atoms with Crippen LogP contribution < -0.4 is 5.32 Å². The molecule has 0 saturated carbocycles. The topological polar surface area (TPSA) is 69.6 Å². The van der Waals surface area contributed by atoms with Gasteiger partial charge in [-0.05, 0) is 77.0 Å². The summed E-state index contributed by atoms with van der Waals surface area (Å²) in [7, 11) is 0. The van der Waals surface area contributed by atoms with Crippen molar-refractivity contribution >= 4 is 5.91 Å². The molecule has 0 fully saturated rings. The molecule has 0 aromatic rings. The van der Waals surface area contributed by atoms with Gasteiger partial charge in [0.05, 0.1) is 18.8 Å². The molecule has 0 spiro atoms. The Labute approximate surface area is 513 Å².